The van der Waals surface area contributed by atoms with Crippen LogP contribution in [-0.4, -0.2) is 35.4 Å². The highest BCUT2D eigenvalue weighted by atomic mass is 35.5. The standard InChI is InChI=1S/C15H18ClNOS/c16-14-5-2-13(3-6-14)4-7-15(18)8-10-17-9-1-11-19-12-17/h2-7H,1,8-12H2. The molecule has 1 aliphatic heterocycles. The van der Waals surface area contributed by atoms with Gasteiger partial charge >= 0.3 is 0 Å². The van der Waals surface area contributed by atoms with Gasteiger partial charge in [-0.05, 0) is 42.5 Å². The summed E-state index contributed by atoms with van der Waals surface area (Å²) in [5, 5.41) is 0.714. The fourth-order valence-electron chi connectivity index (χ4n) is 1.94. The van der Waals surface area contributed by atoms with Crippen LogP contribution in [0.15, 0.2) is 30.3 Å². The molecule has 1 fully saturated rings. The van der Waals surface area contributed by atoms with Crippen LogP contribution in [0, 0.1) is 0 Å². The molecular weight excluding hydrogens is 278 g/mol. The monoisotopic (exact) mass is 295 g/mol. The van der Waals surface area contributed by atoms with Crippen molar-refractivity contribution in [2.75, 3.05) is 24.7 Å². The van der Waals surface area contributed by atoms with E-state index in [1.165, 1.54) is 12.2 Å². The molecule has 1 aromatic carbocycles. The zero-order chi connectivity index (χ0) is 13.5. The van der Waals surface area contributed by atoms with Crippen LogP contribution in [0.4, 0.5) is 0 Å². The first-order valence-electron chi connectivity index (χ1n) is 6.50. The number of hydrogen-bond acceptors (Lipinski definition) is 3. The normalized spacial score (nSPS) is 16.9. The van der Waals surface area contributed by atoms with Crippen LogP contribution >= 0.6 is 23.4 Å². The Morgan fingerprint density at radius 3 is 2.84 bits per heavy atom. The van der Waals surface area contributed by atoms with E-state index in [0.29, 0.717) is 11.4 Å². The van der Waals surface area contributed by atoms with Gasteiger partial charge in [-0.1, -0.05) is 29.8 Å². The number of hydrogen-bond donors (Lipinski definition) is 0. The summed E-state index contributed by atoms with van der Waals surface area (Å²) in [7, 11) is 0. The molecule has 0 bridgehead atoms. The van der Waals surface area contributed by atoms with E-state index < -0.39 is 0 Å². The van der Waals surface area contributed by atoms with E-state index in [9.17, 15) is 4.79 Å². The van der Waals surface area contributed by atoms with Crippen LogP contribution in [-0.2, 0) is 4.79 Å². The summed E-state index contributed by atoms with van der Waals surface area (Å²) in [5.41, 5.74) is 1.01. The molecule has 1 saturated heterocycles. The van der Waals surface area contributed by atoms with Crippen LogP contribution in [0.1, 0.15) is 18.4 Å². The maximum atomic E-state index is 11.8. The predicted molar refractivity (Wildman–Crippen MR) is 83.6 cm³/mol. The van der Waals surface area contributed by atoms with Crippen molar-refractivity contribution in [1.29, 1.82) is 0 Å². The van der Waals surface area contributed by atoms with Gasteiger partial charge in [0.15, 0.2) is 5.78 Å². The maximum Gasteiger partial charge on any atom is 0.156 e. The minimum atomic E-state index is 0.186. The summed E-state index contributed by atoms with van der Waals surface area (Å²) in [6.45, 7) is 2.00. The molecule has 1 aliphatic rings. The fraction of sp³-hybridized carbons (Fsp3) is 0.400. The van der Waals surface area contributed by atoms with Crippen LogP contribution in [0.3, 0.4) is 0 Å². The van der Waals surface area contributed by atoms with Gasteiger partial charge in [0.1, 0.15) is 0 Å². The number of halogens is 1. The van der Waals surface area contributed by atoms with E-state index in [1.54, 1.807) is 6.08 Å². The third kappa shape index (κ3) is 5.39. The van der Waals surface area contributed by atoms with Crippen LogP contribution in [0.2, 0.25) is 5.02 Å². The molecule has 1 heterocycles. The Kier molecular flexibility index (Phi) is 5.95. The van der Waals surface area contributed by atoms with Crippen molar-refractivity contribution in [3.8, 4) is 0 Å². The molecule has 0 amide bonds. The Labute approximate surface area is 123 Å². The Morgan fingerprint density at radius 1 is 1.37 bits per heavy atom. The van der Waals surface area contributed by atoms with Crippen molar-refractivity contribution in [2.45, 2.75) is 12.8 Å². The molecule has 102 valence electrons. The van der Waals surface area contributed by atoms with Gasteiger partial charge < -0.3 is 0 Å². The Balaban J connectivity index is 1.75. The van der Waals surface area contributed by atoms with Crippen molar-refractivity contribution < 1.29 is 4.79 Å². The Bertz CT molecular complexity index is 438. The average molecular weight is 296 g/mol. The number of thioether (sulfide) groups is 1. The molecule has 2 nitrogen and oxygen atoms in total. The molecule has 0 aliphatic carbocycles. The van der Waals surface area contributed by atoms with E-state index in [-0.39, 0.29) is 5.78 Å². The van der Waals surface area contributed by atoms with Gasteiger partial charge in [-0.25, -0.2) is 0 Å². The Morgan fingerprint density at radius 2 is 2.16 bits per heavy atom. The molecule has 0 radical (unpaired) electrons. The maximum absolute atomic E-state index is 11.8. The Hall–Kier alpha value is -0.770. The number of carbonyl (C=O) groups excluding carboxylic acids is 1. The molecule has 0 N–H and O–H groups in total. The first-order valence-corrected chi connectivity index (χ1v) is 8.04. The molecule has 0 atom stereocenters. The quantitative estimate of drug-likeness (QED) is 0.773. The van der Waals surface area contributed by atoms with Crippen molar-refractivity contribution in [2.24, 2.45) is 0 Å². The molecule has 2 rings (SSSR count). The van der Waals surface area contributed by atoms with Crippen LogP contribution in [0.5, 0.6) is 0 Å². The lowest BCUT2D eigenvalue weighted by molar-refractivity contribution is -0.114. The molecule has 0 saturated carbocycles. The summed E-state index contributed by atoms with van der Waals surface area (Å²) in [6, 6.07) is 7.48. The zero-order valence-electron chi connectivity index (χ0n) is 10.8. The number of carbonyl (C=O) groups is 1. The molecule has 0 spiro atoms. The summed E-state index contributed by atoms with van der Waals surface area (Å²) in [6.07, 6.45) is 5.36. The van der Waals surface area contributed by atoms with Gasteiger partial charge in [-0.2, -0.15) is 0 Å². The molecule has 1 aromatic rings. The van der Waals surface area contributed by atoms with Gasteiger partial charge in [0.25, 0.3) is 0 Å². The lowest BCUT2D eigenvalue weighted by atomic mass is 10.1. The van der Waals surface area contributed by atoms with Crippen molar-refractivity contribution >= 4 is 35.2 Å². The molecule has 0 aromatic heterocycles. The van der Waals surface area contributed by atoms with Gasteiger partial charge in [0, 0.05) is 23.9 Å². The minimum absolute atomic E-state index is 0.186. The summed E-state index contributed by atoms with van der Waals surface area (Å²) >= 11 is 7.76. The molecule has 19 heavy (non-hydrogen) atoms. The lowest BCUT2D eigenvalue weighted by Crippen LogP contribution is -2.30. The third-order valence-electron chi connectivity index (χ3n) is 3.04. The first kappa shape index (κ1) is 14.6. The van der Waals surface area contributed by atoms with E-state index in [4.69, 9.17) is 11.6 Å². The SMILES string of the molecule is O=C(C=Cc1ccc(Cl)cc1)CCN1CCCSC1. The smallest absolute Gasteiger partial charge is 0.156 e. The molecule has 4 heteroatoms. The summed E-state index contributed by atoms with van der Waals surface area (Å²) < 4.78 is 0. The number of rotatable bonds is 5. The van der Waals surface area contributed by atoms with Gasteiger partial charge in [0.05, 0.1) is 0 Å². The number of nitrogens with zero attached hydrogens (tertiary/aromatic N) is 1. The van der Waals surface area contributed by atoms with Gasteiger partial charge in [0.2, 0.25) is 0 Å². The average Bonchev–Trinajstić information content (AvgIpc) is 2.45. The van der Waals surface area contributed by atoms with Crippen LogP contribution in [0.25, 0.3) is 6.08 Å². The second-order valence-electron chi connectivity index (χ2n) is 4.61. The minimum Gasteiger partial charge on any atom is -0.295 e. The highest BCUT2D eigenvalue weighted by molar-refractivity contribution is 7.99. The van der Waals surface area contributed by atoms with Gasteiger partial charge in [-0.3, -0.25) is 9.69 Å². The summed E-state index contributed by atoms with van der Waals surface area (Å²) in [5.74, 6) is 2.50. The topological polar surface area (TPSA) is 20.3 Å². The van der Waals surface area contributed by atoms with Crippen molar-refractivity contribution in [1.82, 2.24) is 4.90 Å². The van der Waals surface area contributed by atoms with E-state index in [0.717, 1.165) is 24.5 Å². The van der Waals surface area contributed by atoms with Crippen molar-refractivity contribution in [3.63, 3.8) is 0 Å². The van der Waals surface area contributed by atoms with Gasteiger partial charge in [-0.15, -0.1) is 11.8 Å². The fourth-order valence-corrected chi connectivity index (χ4v) is 3.04. The first-order chi connectivity index (χ1) is 9.24. The predicted octanol–water partition coefficient (Wildman–Crippen LogP) is 3.71. The highest BCUT2D eigenvalue weighted by Crippen LogP contribution is 2.14. The van der Waals surface area contributed by atoms with E-state index in [1.807, 2.05) is 42.1 Å². The number of allylic oxidation sites excluding steroid dienone is 1. The third-order valence-corrected chi connectivity index (χ3v) is 4.42. The molecule has 0 unspecified atom stereocenters. The van der Waals surface area contributed by atoms with E-state index in [2.05, 4.69) is 4.90 Å². The molecular formula is C15H18ClNOS. The second kappa shape index (κ2) is 7.73. The second-order valence-corrected chi connectivity index (χ2v) is 6.12. The number of benzene rings is 1. The largest absolute Gasteiger partial charge is 0.295 e. The highest BCUT2D eigenvalue weighted by Gasteiger charge is 2.10. The number of ketones is 1. The van der Waals surface area contributed by atoms with Crippen molar-refractivity contribution in [3.05, 3.63) is 40.9 Å². The van der Waals surface area contributed by atoms with Crippen LogP contribution < -0.4 is 0 Å². The summed E-state index contributed by atoms with van der Waals surface area (Å²) in [4.78, 5) is 14.1. The lowest BCUT2D eigenvalue weighted by Gasteiger charge is -2.25. The van der Waals surface area contributed by atoms with E-state index >= 15 is 0 Å². The zero-order valence-corrected chi connectivity index (χ0v) is 12.4.